The number of carbonyl (C=O) groups excluding carboxylic acids is 1. The average molecular weight is 408 g/mol. The molecule has 1 aromatic carbocycles. The fourth-order valence-electron chi connectivity index (χ4n) is 5.02. The lowest BCUT2D eigenvalue weighted by atomic mass is 9.82. The van der Waals surface area contributed by atoms with Gasteiger partial charge in [-0.05, 0) is 54.5 Å². The fourth-order valence-corrected chi connectivity index (χ4v) is 5.02. The molecule has 3 heterocycles. The van der Waals surface area contributed by atoms with E-state index in [4.69, 9.17) is 5.11 Å². The summed E-state index contributed by atoms with van der Waals surface area (Å²) in [6.07, 6.45) is 2.44. The molecule has 2 bridgehead atoms. The molecule has 1 aliphatic carbocycles. The summed E-state index contributed by atoms with van der Waals surface area (Å²) in [7, 11) is 0. The van der Waals surface area contributed by atoms with Crippen LogP contribution in [0.4, 0.5) is 0 Å². The second kappa shape index (κ2) is 6.80. The number of aromatic nitrogens is 1. The van der Waals surface area contributed by atoms with Crippen molar-refractivity contribution < 1.29 is 19.8 Å². The maximum Gasteiger partial charge on any atom is 0.335 e. The van der Waals surface area contributed by atoms with Crippen LogP contribution in [0.15, 0.2) is 41.2 Å². The number of aromatic carboxylic acids is 1. The Bertz CT molecular complexity index is 1080. The minimum atomic E-state index is -0.985. The van der Waals surface area contributed by atoms with Gasteiger partial charge in [-0.2, -0.15) is 0 Å². The SMILES string of the molecule is O=C(O)c1ccc(-c2cc3n(c(=O)c2)C[C@H]2C[C@@H]3CN(C(=O)C3(CO)CC3)C2)cc1. The van der Waals surface area contributed by atoms with E-state index in [-0.39, 0.29) is 35.5 Å². The minimum absolute atomic E-state index is 0.0518. The van der Waals surface area contributed by atoms with Crippen LogP contribution in [0, 0.1) is 11.3 Å². The molecule has 2 fully saturated rings. The Morgan fingerprint density at radius 3 is 2.40 bits per heavy atom. The average Bonchev–Trinajstić information content (AvgIpc) is 3.55. The van der Waals surface area contributed by atoms with Gasteiger partial charge in [-0.1, -0.05) is 12.1 Å². The summed E-state index contributed by atoms with van der Waals surface area (Å²) >= 11 is 0. The van der Waals surface area contributed by atoms with Gasteiger partial charge >= 0.3 is 5.97 Å². The van der Waals surface area contributed by atoms with Crippen molar-refractivity contribution in [3.63, 3.8) is 0 Å². The quantitative estimate of drug-likeness (QED) is 0.805. The zero-order valence-corrected chi connectivity index (χ0v) is 16.6. The first-order valence-electron chi connectivity index (χ1n) is 10.4. The summed E-state index contributed by atoms with van der Waals surface area (Å²) in [5.74, 6) is -0.604. The van der Waals surface area contributed by atoms with Gasteiger partial charge in [-0.25, -0.2) is 4.79 Å². The maximum absolute atomic E-state index is 12.9. The molecule has 2 atom stereocenters. The lowest BCUT2D eigenvalue weighted by molar-refractivity contribution is -0.141. The van der Waals surface area contributed by atoms with Gasteiger partial charge in [0.25, 0.3) is 5.56 Å². The lowest BCUT2D eigenvalue weighted by Crippen LogP contribution is -2.51. The first-order valence-corrected chi connectivity index (χ1v) is 10.4. The Kier molecular flexibility index (Phi) is 4.32. The second-order valence-corrected chi connectivity index (χ2v) is 8.95. The zero-order chi connectivity index (χ0) is 21.0. The van der Waals surface area contributed by atoms with Crippen molar-refractivity contribution in [2.24, 2.45) is 11.3 Å². The first kappa shape index (κ1) is 19.1. The predicted molar refractivity (Wildman–Crippen MR) is 109 cm³/mol. The molecular formula is C23H24N2O5. The number of hydrogen-bond donors (Lipinski definition) is 2. The minimum Gasteiger partial charge on any atom is -0.478 e. The molecule has 1 saturated carbocycles. The van der Waals surface area contributed by atoms with Gasteiger partial charge in [-0.15, -0.1) is 0 Å². The van der Waals surface area contributed by atoms with Crippen molar-refractivity contribution in [1.82, 2.24) is 9.47 Å². The molecule has 5 rings (SSSR count). The van der Waals surface area contributed by atoms with Crippen molar-refractivity contribution in [2.45, 2.75) is 31.7 Å². The van der Waals surface area contributed by atoms with E-state index in [1.165, 1.54) is 12.1 Å². The number of carbonyl (C=O) groups is 2. The van der Waals surface area contributed by atoms with Gasteiger partial charge in [-0.3, -0.25) is 9.59 Å². The Morgan fingerprint density at radius 2 is 1.77 bits per heavy atom. The zero-order valence-electron chi connectivity index (χ0n) is 16.6. The summed E-state index contributed by atoms with van der Waals surface area (Å²) in [6, 6.07) is 10.1. The number of hydrogen-bond acceptors (Lipinski definition) is 4. The van der Waals surface area contributed by atoms with E-state index >= 15 is 0 Å². The molecule has 3 aliphatic rings. The number of benzene rings is 1. The van der Waals surface area contributed by atoms with E-state index in [9.17, 15) is 19.5 Å². The van der Waals surface area contributed by atoms with Crippen molar-refractivity contribution >= 4 is 11.9 Å². The molecule has 2 N–H and O–H groups in total. The highest BCUT2D eigenvalue weighted by molar-refractivity contribution is 5.88. The number of nitrogens with zero attached hydrogens (tertiary/aromatic N) is 2. The van der Waals surface area contributed by atoms with Crippen LogP contribution in [0.2, 0.25) is 0 Å². The van der Waals surface area contributed by atoms with Gasteiger partial charge < -0.3 is 19.7 Å². The molecule has 156 valence electrons. The highest BCUT2D eigenvalue weighted by Crippen LogP contribution is 2.48. The molecule has 7 nitrogen and oxygen atoms in total. The van der Waals surface area contributed by atoms with Gasteiger partial charge in [0.2, 0.25) is 5.91 Å². The Balaban J connectivity index is 1.47. The molecule has 1 aromatic heterocycles. The third-order valence-corrected chi connectivity index (χ3v) is 6.92. The number of aliphatic hydroxyl groups excluding tert-OH is 1. The van der Waals surface area contributed by atoms with Crippen LogP contribution in [0.5, 0.6) is 0 Å². The van der Waals surface area contributed by atoms with Gasteiger partial charge in [0.05, 0.1) is 17.6 Å². The first-order chi connectivity index (χ1) is 14.4. The number of carboxylic acids is 1. The van der Waals surface area contributed by atoms with E-state index in [1.807, 2.05) is 15.5 Å². The Hall–Kier alpha value is -2.93. The van der Waals surface area contributed by atoms with Crippen LogP contribution in [0.3, 0.4) is 0 Å². The lowest BCUT2D eigenvalue weighted by Gasteiger charge is -2.43. The van der Waals surface area contributed by atoms with Crippen LogP contribution in [-0.4, -0.2) is 51.3 Å². The Labute approximate surface area is 173 Å². The van der Waals surface area contributed by atoms with Gasteiger partial charge in [0.15, 0.2) is 0 Å². The van der Waals surface area contributed by atoms with E-state index in [0.717, 1.165) is 36.1 Å². The molecule has 0 radical (unpaired) electrons. The largest absolute Gasteiger partial charge is 0.478 e. The van der Waals surface area contributed by atoms with Crippen LogP contribution in [0.25, 0.3) is 11.1 Å². The number of fused-ring (bicyclic) bond motifs is 4. The van der Waals surface area contributed by atoms with Crippen molar-refractivity contribution in [3.8, 4) is 11.1 Å². The molecule has 7 heteroatoms. The van der Waals surface area contributed by atoms with Crippen molar-refractivity contribution in [1.29, 1.82) is 0 Å². The number of likely N-dealkylation sites (tertiary alicyclic amines) is 1. The molecule has 0 spiro atoms. The number of amides is 1. The van der Waals surface area contributed by atoms with E-state index in [2.05, 4.69) is 0 Å². The Morgan fingerprint density at radius 1 is 1.03 bits per heavy atom. The third-order valence-electron chi connectivity index (χ3n) is 6.92. The van der Waals surface area contributed by atoms with Crippen molar-refractivity contribution in [3.05, 3.63) is 58.0 Å². The molecule has 0 unspecified atom stereocenters. The van der Waals surface area contributed by atoms with Crippen LogP contribution < -0.4 is 5.56 Å². The van der Waals surface area contributed by atoms with E-state index < -0.39 is 11.4 Å². The number of piperidine rings is 1. The number of carboxylic acid groups (broad SMARTS) is 1. The number of aliphatic hydroxyl groups is 1. The van der Waals surface area contributed by atoms with Gasteiger partial charge in [0, 0.05) is 37.3 Å². The summed E-state index contributed by atoms with van der Waals surface area (Å²) in [5, 5.41) is 18.7. The normalized spacial score (nSPS) is 23.6. The summed E-state index contributed by atoms with van der Waals surface area (Å²) in [4.78, 5) is 38.8. The highest BCUT2D eigenvalue weighted by Gasteiger charge is 2.52. The number of pyridine rings is 1. The summed E-state index contributed by atoms with van der Waals surface area (Å²) < 4.78 is 1.83. The molecule has 1 amide bonds. The number of rotatable bonds is 4. The molecular weight excluding hydrogens is 384 g/mol. The maximum atomic E-state index is 12.9. The van der Waals surface area contributed by atoms with Gasteiger partial charge in [0.1, 0.15) is 0 Å². The highest BCUT2D eigenvalue weighted by atomic mass is 16.4. The summed E-state index contributed by atoms with van der Waals surface area (Å²) in [6.45, 7) is 1.71. The predicted octanol–water partition coefficient (Wildman–Crippen LogP) is 1.93. The van der Waals surface area contributed by atoms with Crippen LogP contribution in [0.1, 0.15) is 41.2 Å². The van der Waals surface area contributed by atoms with E-state index in [0.29, 0.717) is 19.6 Å². The fraction of sp³-hybridized carbons (Fsp3) is 0.435. The molecule has 2 aliphatic heterocycles. The smallest absolute Gasteiger partial charge is 0.335 e. The van der Waals surface area contributed by atoms with Crippen LogP contribution >= 0.6 is 0 Å². The van der Waals surface area contributed by atoms with Crippen molar-refractivity contribution in [2.75, 3.05) is 19.7 Å². The van der Waals surface area contributed by atoms with Crippen LogP contribution in [-0.2, 0) is 11.3 Å². The molecule has 30 heavy (non-hydrogen) atoms. The molecule has 2 aromatic rings. The third kappa shape index (κ3) is 3.04. The molecule has 1 saturated heterocycles. The monoisotopic (exact) mass is 408 g/mol. The summed E-state index contributed by atoms with van der Waals surface area (Å²) in [5.41, 5.74) is 2.06. The second-order valence-electron chi connectivity index (χ2n) is 8.95. The van der Waals surface area contributed by atoms with E-state index in [1.54, 1.807) is 18.2 Å². The standard InChI is InChI=1S/C23H24N2O5/c26-13-23(5-6-23)22(30)24-10-14-7-18(12-24)19-8-17(9-20(27)25(19)11-14)15-1-3-16(4-2-15)21(28)29/h1-4,8-9,14,18,26H,5-7,10-13H2,(H,28,29)/t14-,18+/m0/s1. The topological polar surface area (TPSA) is 99.8 Å².